The molecule has 3 rings (SSSR count). The maximum Gasteiger partial charge on any atom is 0.505 e. The summed E-state index contributed by atoms with van der Waals surface area (Å²) in [5, 5.41) is 30.5. The number of aliphatic hydroxyl groups excluding tert-OH is 2. The van der Waals surface area contributed by atoms with E-state index in [1.165, 1.54) is 25.7 Å². The summed E-state index contributed by atoms with van der Waals surface area (Å²) >= 11 is 0. The summed E-state index contributed by atoms with van der Waals surface area (Å²) in [6.07, 6.45) is 8.58. The van der Waals surface area contributed by atoms with Crippen LogP contribution in [0.5, 0.6) is 0 Å². The summed E-state index contributed by atoms with van der Waals surface area (Å²) in [5.74, 6) is 4.14. The van der Waals surface area contributed by atoms with E-state index in [1.807, 2.05) is 13.8 Å². The van der Waals surface area contributed by atoms with Crippen molar-refractivity contribution in [1.82, 2.24) is 0 Å². The van der Waals surface area contributed by atoms with E-state index in [4.69, 9.17) is 19.4 Å². The summed E-state index contributed by atoms with van der Waals surface area (Å²) in [4.78, 5) is 9.15. The first-order valence-corrected chi connectivity index (χ1v) is 17.3. The van der Waals surface area contributed by atoms with Crippen LogP contribution in [0.4, 0.5) is 4.79 Å². The van der Waals surface area contributed by atoms with E-state index in [0.717, 1.165) is 58.3 Å². The summed E-state index contributed by atoms with van der Waals surface area (Å²) in [5.41, 5.74) is 0. The van der Waals surface area contributed by atoms with Gasteiger partial charge in [0.25, 0.3) is 0 Å². The molecule has 0 aromatic rings. The van der Waals surface area contributed by atoms with Crippen LogP contribution in [0.15, 0.2) is 0 Å². The summed E-state index contributed by atoms with van der Waals surface area (Å²) in [6.45, 7) is 21.4. The van der Waals surface area contributed by atoms with Gasteiger partial charge in [0, 0.05) is 0 Å². The molecule has 9 unspecified atom stereocenters. The van der Waals surface area contributed by atoms with Crippen LogP contribution in [0.1, 0.15) is 120 Å². The van der Waals surface area contributed by atoms with Crippen LogP contribution in [0.3, 0.4) is 0 Å². The van der Waals surface area contributed by atoms with E-state index in [1.54, 1.807) is 0 Å². The molecule has 2 aliphatic carbocycles. The zero-order valence-electron chi connectivity index (χ0n) is 28.8. The molecule has 2 saturated carbocycles. The minimum absolute atomic E-state index is 0.0822. The van der Waals surface area contributed by atoms with Gasteiger partial charge in [-0.1, -0.05) is 67.7 Å². The van der Waals surface area contributed by atoms with Crippen molar-refractivity contribution in [1.29, 1.82) is 0 Å². The number of ether oxygens (including phenoxy) is 3. The zero-order chi connectivity index (χ0) is 32.0. The number of carbonyl (C=O) groups is 1. The van der Waals surface area contributed by atoms with Crippen molar-refractivity contribution in [3.05, 3.63) is 0 Å². The third-order valence-corrected chi connectivity index (χ3v) is 10.8. The van der Waals surface area contributed by atoms with Crippen molar-refractivity contribution in [3.8, 4) is 0 Å². The highest BCUT2D eigenvalue weighted by Gasteiger charge is 2.45. The highest BCUT2D eigenvalue weighted by Crippen LogP contribution is 2.48. The molecule has 3 fully saturated rings. The lowest BCUT2D eigenvalue weighted by atomic mass is 9.61. The van der Waals surface area contributed by atoms with Crippen molar-refractivity contribution >= 4 is 6.16 Å². The van der Waals surface area contributed by atoms with Crippen LogP contribution in [0.2, 0.25) is 0 Å². The van der Waals surface area contributed by atoms with Gasteiger partial charge in [-0.3, -0.25) is 0 Å². The smallest absolute Gasteiger partial charge is 0.450 e. The lowest BCUT2D eigenvalue weighted by Gasteiger charge is -2.46. The third-order valence-electron chi connectivity index (χ3n) is 10.8. The van der Waals surface area contributed by atoms with Gasteiger partial charge in [0.05, 0.1) is 44.7 Å². The molecule has 0 spiro atoms. The van der Waals surface area contributed by atoms with Gasteiger partial charge < -0.3 is 29.5 Å². The molecule has 3 N–H and O–H groups in total. The average Bonchev–Trinajstić information content (AvgIpc) is 3.18. The molecule has 0 aromatic carbocycles. The van der Waals surface area contributed by atoms with Crippen LogP contribution >= 0.6 is 0 Å². The molecule has 0 radical (unpaired) electrons. The first kappa shape index (κ1) is 39.1. The summed E-state index contributed by atoms with van der Waals surface area (Å²) in [7, 11) is 1.10. The Hall–Kier alpha value is -0.890. The first-order chi connectivity index (χ1) is 19.9. The lowest BCUT2D eigenvalue weighted by Crippen LogP contribution is -2.48. The molecule has 0 aromatic heterocycles. The third kappa shape index (κ3) is 11.9. The minimum atomic E-state index is -1.25. The van der Waals surface area contributed by atoms with E-state index in [0.29, 0.717) is 47.7 Å². The van der Waals surface area contributed by atoms with Crippen molar-refractivity contribution in [2.45, 2.75) is 145 Å². The summed E-state index contributed by atoms with van der Waals surface area (Å²) < 4.78 is 16.1. The number of rotatable bonds is 10. The van der Waals surface area contributed by atoms with E-state index < -0.39 is 18.4 Å². The second-order valence-corrected chi connectivity index (χ2v) is 13.7. The highest BCUT2D eigenvalue weighted by atomic mass is 16.6. The second kappa shape index (κ2) is 20.2. The van der Waals surface area contributed by atoms with Gasteiger partial charge in [-0.25, -0.2) is 4.79 Å². The molecular weight excluding hydrogens is 532 g/mol. The molecule has 42 heavy (non-hydrogen) atoms. The fraction of sp³-hybridized carbons (Fsp3) is 0.971. The van der Waals surface area contributed by atoms with Crippen molar-refractivity contribution in [2.75, 3.05) is 20.3 Å². The van der Waals surface area contributed by atoms with Gasteiger partial charge in [-0.15, -0.1) is 0 Å². The topological polar surface area (TPSA) is 105 Å². The molecule has 7 nitrogen and oxygen atoms in total. The van der Waals surface area contributed by atoms with E-state index in [2.05, 4.69) is 53.2 Å². The normalized spacial score (nSPS) is 34.9. The van der Waals surface area contributed by atoms with Gasteiger partial charge in [-0.2, -0.15) is 0 Å². The zero-order valence-corrected chi connectivity index (χ0v) is 28.8. The van der Waals surface area contributed by atoms with Gasteiger partial charge in [0.15, 0.2) is 0 Å². The Bertz CT molecular complexity index is 717. The predicted molar refractivity (Wildman–Crippen MR) is 171 cm³/mol. The van der Waals surface area contributed by atoms with Gasteiger partial charge in [-0.05, 0) is 106 Å². The molecule has 7 heteroatoms. The SMILES string of the molecule is CC.CCCC(C)OCC1C[C@H](C)CC[C@H]1C(C)C(O)C(O)C(C)[C@@H]1CC[C@@H](C)C2CCC(C)OCC21.COC(=O)O. The van der Waals surface area contributed by atoms with E-state index >= 15 is 0 Å². The number of carboxylic acid groups (broad SMARTS) is 1. The van der Waals surface area contributed by atoms with Crippen LogP contribution in [-0.2, 0) is 14.2 Å². The quantitative estimate of drug-likeness (QED) is 0.218. The Balaban J connectivity index is 0.00000114. The van der Waals surface area contributed by atoms with Crippen molar-refractivity contribution < 1.29 is 34.3 Å². The number of hydrogen-bond donors (Lipinski definition) is 3. The Morgan fingerprint density at radius 3 is 2.02 bits per heavy atom. The molecule has 13 atom stereocenters. The van der Waals surface area contributed by atoms with Crippen molar-refractivity contribution in [2.24, 2.45) is 53.3 Å². The summed E-state index contributed by atoms with van der Waals surface area (Å²) in [6, 6.07) is 0. The van der Waals surface area contributed by atoms with Crippen LogP contribution in [0, 0.1) is 53.3 Å². The average molecular weight is 601 g/mol. The Labute approximate surface area is 258 Å². The number of hydrogen-bond acceptors (Lipinski definition) is 6. The monoisotopic (exact) mass is 600 g/mol. The molecule has 250 valence electrons. The fourth-order valence-corrected chi connectivity index (χ4v) is 8.12. The number of fused-ring (bicyclic) bond motifs is 1. The highest BCUT2D eigenvalue weighted by molar-refractivity contribution is 5.56. The standard InChI is InChI=1S/C31H58O4.C2H4O3.C2H6/c1-8-9-21(4)34-17-25-16-19(2)10-13-27(25)23(6)30(32)31(33)24(7)28-14-11-20(3)26-15-12-22(5)35-18-29(26)28;1-5-2(3)4;1-2/h19-33H,8-18H2,1-7H3;1H3,(H,3,4);1-2H3/t19-,20-,21?,22?,23?,24?,25?,26?,27+,28+,29?,30?,31?;;/m1../s1. The first-order valence-electron chi connectivity index (χ1n) is 17.3. The number of methoxy groups -OCH3 is 1. The van der Waals surface area contributed by atoms with Gasteiger partial charge in [0.1, 0.15) is 0 Å². The van der Waals surface area contributed by atoms with E-state index in [9.17, 15) is 10.2 Å². The van der Waals surface area contributed by atoms with Crippen LogP contribution in [0.25, 0.3) is 0 Å². The number of aliphatic hydroxyl groups is 2. The Morgan fingerprint density at radius 1 is 0.881 bits per heavy atom. The second-order valence-electron chi connectivity index (χ2n) is 13.7. The molecule has 1 aliphatic heterocycles. The largest absolute Gasteiger partial charge is 0.505 e. The molecular formula is C35H68O7. The van der Waals surface area contributed by atoms with Crippen molar-refractivity contribution in [3.63, 3.8) is 0 Å². The Kier molecular flexibility index (Phi) is 18.8. The molecule has 1 saturated heterocycles. The molecule has 0 bridgehead atoms. The molecule has 3 aliphatic rings. The minimum Gasteiger partial charge on any atom is -0.450 e. The maximum atomic E-state index is 11.5. The fourth-order valence-electron chi connectivity index (χ4n) is 8.12. The van der Waals surface area contributed by atoms with E-state index in [-0.39, 0.29) is 11.8 Å². The maximum absolute atomic E-state index is 11.5. The Morgan fingerprint density at radius 2 is 1.45 bits per heavy atom. The molecule has 1 heterocycles. The van der Waals surface area contributed by atoms with Crippen LogP contribution in [-0.4, -0.2) is 66.2 Å². The van der Waals surface area contributed by atoms with Crippen LogP contribution < -0.4 is 0 Å². The predicted octanol–water partition coefficient (Wildman–Crippen LogP) is 8.05. The molecule has 0 amide bonds. The van der Waals surface area contributed by atoms with Gasteiger partial charge >= 0.3 is 6.16 Å². The van der Waals surface area contributed by atoms with Gasteiger partial charge in [0.2, 0.25) is 0 Å². The lowest BCUT2D eigenvalue weighted by molar-refractivity contribution is -0.103.